The molecule has 1 atom stereocenters. The van der Waals surface area contributed by atoms with Crippen LogP contribution in [0.25, 0.3) is 0 Å². The molecular formula is C16H20FN5O. The molecule has 1 amide bonds. The molecule has 1 saturated heterocycles. The fourth-order valence-electron chi connectivity index (χ4n) is 2.91. The maximum Gasteiger partial charge on any atom is 0.244 e. The first-order chi connectivity index (χ1) is 11.1. The van der Waals surface area contributed by atoms with Gasteiger partial charge in [0, 0.05) is 13.1 Å². The van der Waals surface area contributed by atoms with Crippen LogP contribution in [0.5, 0.6) is 0 Å². The van der Waals surface area contributed by atoms with E-state index in [-0.39, 0.29) is 17.8 Å². The number of hydrogen-bond donors (Lipinski definition) is 0. The second kappa shape index (κ2) is 6.45. The van der Waals surface area contributed by atoms with Gasteiger partial charge in [0.05, 0.1) is 30.2 Å². The zero-order chi connectivity index (χ0) is 16.4. The summed E-state index contributed by atoms with van der Waals surface area (Å²) in [5.74, 6) is -0.435. The normalized spacial score (nSPS) is 18.2. The molecule has 0 bridgehead atoms. The summed E-state index contributed by atoms with van der Waals surface area (Å²) in [4.78, 5) is 17.7. The lowest BCUT2D eigenvalue weighted by Gasteiger charge is -2.23. The highest BCUT2D eigenvalue weighted by molar-refractivity contribution is 5.99. The molecule has 7 heteroatoms. The van der Waals surface area contributed by atoms with Gasteiger partial charge in [0.1, 0.15) is 5.82 Å². The largest absolute Gasteiger partial charge is 0.308 e. The Morgan fingerprint density at radius 3 is 2.87 bits per heavy atom. The van der Waals surface area contributed by atoms with Crippen LogP contribution in [-0.2, 0) is 17.9 Å². The lowest BCUT2D eigenvalue weighted by atomic mass is 10.2. The Balaban J connectivity index is 1.70. The Morgan fingerprint density at radius 2 is 2.17 bits per heavy atom. The monoisotopic (exact) mass is 317 g/mol. The molecule has 0 saturated carbocycles. The van der Waals surface area contributed by atoms with Crippen LogP contribution in [0.15, 0.2) is 30.5 Å². The number of halogens is 1. The Kier molecular flexibility index (Phi) is 4.38. The molecule has 0 N–H and O–H groups in total. The third-order valence-corrected chi connectivity index (χ3v) is 4.13. The van der Waals surface area contributed by atoms with E-state index in [9.17, 15) is 9.18 Å². The van der Waals surface area contributed by atoms with Crippen LogP contribution in [0.3, 0.4) is 0 Å². The smallest absolute Gasteiger partial charge is 0.244 e. The quantitative estimate of drug-likeness (QED) is 0.842. The topological polar surface area (TPSA) is 54.3 Å². The lowest BCUT2D eigenvalue weighted by molar-refractivity contribution is -0.121. The maximum absolute atomic E-state index is 13.9. The van der Waals surface area contributed by atoms with E-state index in [1.54, 1.807) is 29.2 Å². The van der Waals surface area contributed by atoms with E-state index in [1.165, 1.54) is 11.0 Å². The highest BCUT2D eigenvalue weighted by Gasteiger charge is 2.36. The highest BCUT2D eigenvalue weighted by Crippen LogP contribution is 2.26. The summed E-state index contributed by atoms with van der Waals surface area (Å²) in [7, 11) is 1.89. The van der Waals surface area contributed by atoms with E-state index in [0.717, 1.165) is 5.69 Å². The van der Waals surface area contributed by atoms with Gasteiger partial charge in [0.2, 0.25) is 5.91 Å². The molecule has 3 rings (SSSR count). The average molecular weight is 317 g/mol. The van der Waals surface area contributed by atoms with Crippen molar-refractivity contribution in [3.8, 4) is 0 Å². The fourth-order valence-corrected chi connectivity index (χ4v) is 2.91. The van der Waals surface area contributed by atoms with Gasteiger partial charge in [0.15, 0.2) is 0 Å². The zero-order valence-corrected chi connectivity index (χ0v) is 13.3. The van der Waals surface area contributed by atoms with Gasteiger partial charge in [-0.1, -0.05) is 12.1 Å². The van der Waals surface area contributed by atoms with Crippen LogP contribution in [0, 0.1) is 5.82 Å². The van der Waals surface area contributed by atoms with Gasteiger partial charge >= 0.3 is 0 Å². The van der Waals surface area contributed by atoms with E-state index in [2.05, 4.69) is 10.2 Å². The Bertz CT molecular complexity index is 701. The minimum atomic E-state index is -0.366. The fraction of sp³-hybridized carbons (Fsp3) is 0.438. The van der Waals surface area contributed by atoms with Crippen LogP contribution in [0.4, 0.5) is 10.1 Å². The molecule has 2 aromatic rings. The van der Waals surface area contributed by atoms with Crippen molar-refractivity contribution < 1.29 is 9.18 Å². The van der Waals surface area contributed by atoms with Crippen molar-refractivity contribution in [1.29, 1.82) is 0 Å². The van der Waals surface area contributed by atoms with Crippen LogP contribution in [0.2, 0.25) is 0 Å². The number of aryl methyl sites for hydroxylation is 1. The number of aromatic nitrogens is 3. The van der Waals surface area contributed by atoms with Crippen molar-refractivity contribution in [2.45, 2.75) is 32.5 Å². The summed E-state index contributed by atoms with van der Waals surface area (Å²) < 4.78 is 13.9. The molecule has 1 aromatic heterocycles. The number of hydrogen-bond acceptors (Lipinski definition) is 4. The SMILES string of the molecule is CCn1ncc(CN(C)C2CCN(c3ccccc3F)C2=O)n1. The van der Waals surface area contributed by atoms with Crippen molar-refractivity contribution in [2.24, 2.45) is 0 Å². The third kappa shape index (κ3) is 3.10. The van der Waals surface area contributed by atoms with Crippen molar-refractivity contribution in [3.63, 3.8) is 0 Å². The van der Waals surface area contributed by atoms with Gasteiger partial charge in [-0.3, -0.25) is 9.69 Å². The summed E-state index contributed by atoms with van der Waals surface area (Å²) in [6.07, 6.45) is 2.39. The van der Waals surface area contributed by atoms with Gasteiger partial charge in [-0.25, -0.2) is 4.39 Å². The van der Waals surface area contributed by atoms with Crippen LogP contribution in [0.1, 0.15) is 19.0 Å². The van der Waals surface area contributed by atoms with Crippen LogP contribution >= 0.6 is 0 Å². The van der Waals surface area contributed by atoms with Gasteiger partial charge in [-0.05, 0) is 32.5 Å². The van der Waals surface area contributed by atoms with E-state index in [4.69, 9.17) is 0 Å². The molecule has 1 aromatic carbocycles. The van der Waals surface area contributed by atoms with E-state index >= 15 is 0 Å². The molecule has 0 radical (unpaired) electrons. The van der Waals surface area contributed by atoms with E-state index in [1.807, 2.05) is 18.9 Å². The molecule has 1 fully saturated rings. The predicted octanol–water partition coefficient (Wildman–Crippen LogP) is 1.67. The van der Waals surface area contributed by atoms with Gasteiger partial charge in [-0.15, -0.1) is 0 Å². The molecule has 6 nitrogen and oxygen atoms in total. The first-order valence-corrected chi connectivity index (χ1v) is 7.75. The van der Waals surface area contributed by atoms with E-state index < -0.39 is 0 Å². The minimum Gasteiger partial charge on any atom is -0.308 e. The summed E-state index contributed by atoms with van der Waals surface area (Å²) in [6, 6.07) is 6.12. The lowest BCUT2D eigenvalue weighted by Crippen LogP contribution is -2.39. The average Bonchev–Trinajstić information content (AvgIpc) is 3.14. The molecular weight excluding hydrogens is 297 g/mol. The molecule has 0 spiro atoms. The molecule has 23 heavy (non-hydrogen) atoms. The number of benzene rings is 1. The number of carbonyl (C=O) groups excluding carboxylic acids is 1. The first kappa shape index (κ1) is 15.6. The third-order valence-electron chi connectivity index (χ3n) is 4.13. The summed E-state index contributed by atoms with van der Waals surface area (Å²) in [6.45, 7) is 3.76. The number of rotatable bonds is 5. The van der Waals surface area contributed by atoms with Crippen molar-refractivity contribution >= 4 is 11.6 Å². The van der Waals surface area contributed by atoms with Crippen molar-refractivity contribution in [3.05, 3.63) is 42.0 Å². The van der Waals surface area contributed by atoms with E-state index in [0.29, 0.717) is 31.7 Å². The number of likely N-dealkylation sites (N-methyl/N-ethyl adjacent to an activating group) is 1. The maximum atomic E-state index is 13.9. The number of para-hydroxylation sites is 1. The highest BCUT2D eigenvalue weighted by atomic mass is 19.1. The van der Waals surface area contributed by atoms with Gasteiger partial charge in [-0.2, -0.15) is 15.0 Å². The summed E-state index contributed by atoms with van der Waals surface area (Å²) >= 11 is 0. The Hall–Kier alpha value is -2.28. The Morgan fingerprint density at radius 1 is 1.39 bits per heavy atom. The number of nitrogens with zero attached hydrogens (tertiary/aromatic N) is 5. The second-order valence-corrected chi connectivity index (χ2v) is 5.69. The molecule has 1 aliphatic rings. The zero-order valence-electron chi connectivity index (χ0n) is 13.3. The standard InChI is InChI=1S/C16H20FN5O/c1-3-22-18-10-12(19-22)11-20(2)15-8-9-21(16(15)23)14-7-5-4-6-13(14)17/h4-7,10,15H,3,8-9,11H2,1-2H3. The van der Waals surface area contributed by atoms with Gasteiger partial charge in [0.25, 0.3) is 0 Å². The van der Waals surface area contributed by atoms with Gasteiger partial charge < -0.3 is 4.90 Å². The minimum absolute atomic E-state index is 0.0690. The van der Waals surface area contributed by atoms with Crippen molar-refractivity contribution in [1.82, 2.24) is 19.9 Å². The molecule has 0 aliphatic carbocycles. The van der Waals surface area contributed by atoms with Crippen LogP contribution in [-0.4, -0.2) is 45.4 Å². The van der Waals surface area contributed by atoms with Crippen LogP contribution < -0.4 is 4.90 Å². The number of anilines is 1. The Labute approximate surface area is 134 Å². The number of carbonyl (C=O) groups is 1. The number of amides is 1. The first-order valence-electron chi connectivity index (χ1n) is 7.75. The summed E-state index contributed by atoms with van der Waals surface area (Å²) in [5.41, 5.74) is 1.18. The van der Waals surface area contributed by atoms with Crippen molar-refractivity contribution in [2.75, 3.05) is 18.5 Å². The molecule has 122 valence electrons. The molecule has 2 heterocycles. The predicted molar refractivity (Wildman–Crippen MR) is 84.3 cm³/mol. The second-order valence-electron chi connectivity index (χ2n) is 5.69. The summed E-state index contributed by atoms with van der Waals surface area (Å²) in [5, 5.41) is 8.48. The molecule has 1 aliphatic heterocycles. The molecule has 1 unspecified atom stereocenters.